The maximum absolute atomic E-state index is 13.6. The quantitative estimate of drug-likeness (QED) is 0.218. The summed E-state index contributed by atoms with van der Waals surface area (Å²) >= 11 is 1.20. The number of thiazole rings is 1. The van der Waals surface area contributed by atoms with Gasteiger partial charge in [-0.15, -0.1) is 0 Å². The minimum Gasteiger partial charge on any atom is -0.463 e. The third-order valence-electron chi connectivity index (χ3n) is 5.90. The smallest absolute Gasteiger partial charge is 0.338 e. The molecule has 1 aliphatic heterocycles. The van der Waals surface area contributed by atoms with Crippen molar-refractivity contribution in [1.82, 2.24) is 4.57 Å². The highest BCUT2D eigenvalue weighted by molar-refractivity contribution is 7.07. The van der Waals surface area contributed by atoms with Crippen LogP contribution in [0.5, 0.6) is 0 Å². The molecule has 2 aromatic heterocycles. The van der Waals surface area contributed by atoms with E-state index < -0.39 is 16.9 Å². The highest BCUT2D eigenvalue weighted by Crippen LogP contribution is 2.30. The summed E-state index contributed by atoms with van der Waals surface area (Å²) in [4.78, 5) is 42.0. The summed E-state index contributed by atoms with van der Waals surface area (Å²) in [5, 5.41) is 10.9. The van der Waals surface area contributed by atoms with Crippen LogP contribution in [0.4, 0.5) is 5.69 Å². The number of esters is 1. The van der Waals surface area contributed by atoms with Gasteiger partial charge >= 0.3 is 5.97 Å². The molecule has 4 aromatic rings. The third-order valence-corrected chi connectivity index (χ3v) is 6.88. The molecule has 0 amide bonds. The number of hydrogen-bond acceptors (Lipinski definition) is 8. The molecule has 0 saturated carbocycles. The predicted octanol–water partition coefficient (Wildman–Crippen LogP) is 3.97. The molecule has 1 aliphatic rings. The molecule has 37 heavy (non-hydrogen) atoms. The Bertz CT molecular complexity index is 1710. The van der Waals surface area contributed by atoms with Gasteiger partial charge in [-0.05, 0) is 43.7 Å². The van der Waals surface area contributed by atoms with E-state index in [1.807, 2.05) is 30.3 Å². The second-order valence-corrected chi connectivity index (χ2v) is 9.23. The number of furan rings is 1. The fraction of sp³-hybridized carbons (Fsp3) is 0.148. The first-order valence-corrected chi connectivity index (χ1v) is 12.3. The molecule has 0 fully saturated rings. The molecule has 10 heteroatoms. The number of ether oxygens (including phenoxy) is 1. The summed E-state index contributed by atoms with van der Waals surface area (Å²) < 4.78 is 13.1. The van der Waals surface area contributed by atoms with Gasteiger partial charge in [-0.2, -0.15) is 0 Å². The van der Waals surface area contributed by atoms with Crippen LogP contribution in [-0.4, -0.2) is 22.1 Å². The Kier molecular flexibility index (Phi) is 6.41. The molecule has 0 radical (unpaired) electrons. The SMILES string of the molecule is CCOC(=O)C1=C(C)N=c2s/c(=C/c3ccc(-c4ccc([N+](=O)[O-])cc4)o3)c(=O)n2C1c1ccccc1. The summed E-state index contributed by atoms with van der Waals surface area (Å²) in [5.74, 6) is 0.443. The second-order valence-electron chi connectivity index (χ2n) is 8.22. The largest absolute Gasteiger partial charge is 0.463 e. The fourth-order valence-corrected chi connectivity index (χ4v) is 5.23. The molecule has 5 rings (SSSR count). The number of allylic oxidation sites excluding steroid dienone is 1. The fourth-order valence-electron chi connectivity index (χ4n) is 4.20. The van der Waals surface area contributed by atoms with E-state index in [2.05, 4.69) is 4.99 Å². The number of aromatic nitrogens is 1. The Morgan fingerprint density at radius 1 is 1.16 bits per heavy atom. The van der Waals surface area contributed by atoms with Crippen LogP contribution >= 0.6 is 11.3 Å². The summed E-state index contributed by atoms with van der Waals surface area (Å²) in [5.41, 5.74) is 1.95. The van der Waals surface area contributed by atoms with Gasteiger partial charge in [0.15, 0.2) is 4.80 Å². The van der Waals surface area contributed by atoms with Crippen LogP contribution in [-0.2, 0) is 9.53 Å². The van der Waals surface area contributed by atoms with E-state index in [1.54, 1.807) is 44.2 Å². The van der Waals surface area contributed by atoms with Gasteiger partial charge in [0.05, 0.1) is 33.4 Å². The van der Waals surface area contributed by atoms with Crippen molar-refractivity contribution in [2.24, 2.45) is 4.99 Å². The first-order valence-electron chi connectivity index (χ1n) is 11.5. The molecule has 0 N–H and O–H groups in total. The zero-order valence-corrected chi connectivity index (χ0v) is 20.7. The summed E-state index contributed by atoms with van der Waals surface area (Å²) in [7, 11) is 0. The highest BCUT2D eigenvalue weighted by Gasteiger charge is 2.33. The average Bonchev–Trinajstić information content (AvgIpc) is 3.48. The molecule has 2 aromatic carbocycles. The first kappa shape index (κ1) is 24.1. The van der Waals surface area contributed by atoms with Crippen molar-refractivity contribution < 1.29 is 18.9 Å². The van der Waals surface area contributed by atoms with E-state index in [1.165, 1.54) is 28.0 Å². The molecule has 0 saturated heterocycles. The molecule has 0 aliphatic carbocycles. The van der Waals surface area contributed by atoms with Gasteiger partial charge in [0.2, 0.25) is 0 Å². The topological polar surface area (TPSA) is 117 Å². The molecule has 0 spiro atoms. The maximum atomic E-state index is 13.6. The van der Waals surface area contributed by atoms with Crippen LogP contribution < -0.4 is 14.9 Å². The summed E-state index contributed by atoms with van der Waals surface area (Å²) in [6.07, 6.45) is 1.63. The van der Waals surface area contributed by atoms with Crippen LogP contribution in [0.1, 0.15) is 31.2 Å². The van der Waals surface area contributed by atoms with E-state index >= 15 is 0 Å². The number of carbonyl (C=O) groups excluding carboxylic acids is 1. The minimum absolute atomic E-state index is 0.0120. The summed E-state index contributed by atoms with van der Waals surface area (Å²) in [6, 6.07) is 18.1. The maximum Gasteiger partial charge on any atom is 0.338 e. The molecule has 1 atom stereocenters. The number of benzene rings is 2. The molecular formula is C27H21N3O6S. The zero-order valence-electron chi connectivity index (χ0n) is 19.9. The Morgan fingerprint density at radius 3 is 2.57 bits per heavy atom. The number of nitrogens with zero attached hydrogens (tertiary/aromatic N) is 3. The van der Waals surface area contributed by atoms with Crippen LogP contribution in [0.3, 0.4) is 0 Å². The van der Waals surface area contributed by atoms with E-state index in [4.69, 9.17) is 9.15 Å². The van der Waals surface area contributed by atoms with Crippen molar-refractivity contribution in [1.29, 1.82) is 0 Å². The van der Waals surface area contributed by atoms with Gasteiger partial charge in [-0.25, -0.2) is 9.79 Å². The minimum atomic E-state index is -0.675. The van der Waals surface area contributed by atoms with Crippen LogP contribution in [0, 0.1) is 10.1 Å². The van der Waals surface area contributed by atoms with Gasteiger partial charge in [-0.1, -0.05) is 41.7 Å². The molecule has 186 valence electrons. The molecule has 0 bridgehead atoms. The predicted molar refractivity (Wildman–Crippen MR) is 138 cm³/mol. The number of fused-ring (bicyclic) bond motifs is 1. The van der Waals surface area contributed by atoms with Crippen molar-refractivity contribution in [2.75, 3.05) is 6.61 Å². The van der Waals surface area contributed by atoms with Crippen LogP contribution in [0.15, 0.2) is 92.2 Å². The summed E-state index contributed by atoms with van der Waals surface area (Å²) in [6.45, 7) is 3.67. The normalized spacial score (nSPS) is 15.3. The second kappa shape index (κ2) is 9.82. The van der Waals surface area contributed by atoms with Crippen molar-refractivity contribution in [2.45, 2.75) is 19.9 Å². The van der Waals surface area contributed by atoms with Gasteiger partial charge in [-0.3, -0.25) is 19.5 Å². The lowest BCUT2D eigenvalue weighted by Gasteiger charge is -2.24. The van der Waals surface area contributed by atoms with Crippen molar-refractivity contribution in [3.8, 4) is 11.3 Å². The molecule has 1 unspecified atom stereocenters. The molecule has 3 heterocycles. The standard InChI is InChI=1S/C27H21N3O6S/c1-3-35-26(32)23-16(2)28-27-29(24(23)18-7-5-4-6-8-18)25(31)22(37-27)15-20-13-14-21(36-20)17-9-11-19(12-10-17)30(33)34/h4-15,24H,3H2,1-2H3/b22-15+. The van der Waals surface area contributed by atoms with E-state index in [0.717, 1.165) is 5.56 Å². The third kappa shape index (κ3) is 4.54. The van der Waals surface area contributed by atoms with Gasteiger partial charge < -0.3 is 9.15 Å². The zero-order chi connectivity index (χ0) is 26.1. The van der Waals surface area contributed by atoms with Gasteiger partial charge in [0.1, 0.15) is 11.5 Å². The number of nitro groups is 1. The van der Waals surface area contributed by atoms with E-state index in [9.17, 15) is 19.7 Å². The number of hydrogen-bond donors (Lipinski definition) is 0. The number of carbonyl (C=O) groups is 1. The molecular weight excluding hydrogens is 494 g/mol. The monoisotopic (exact) mass is 515 g/mol. The highest BCUT2D eigenvalue weighted by atomic mass is 32.1. The lowest BCUT2D eigenvalue weighted by atomic mass is 9.96. The Morgan fingerprint density at radius 2 is 1.89 bits per heavy atom. The first-order chi connectivity index (χ1) is 17.9. The Hall–Kier alpha value is -4.57. The van der Waals surface area contributed by atoms with Crippen molar-refractivity contribution >= 4 is 29.1 Å². The lowest BCUT2D eigenvalue weighted by molar-refractivity contribution is -0.384. The number of non-ortho nitro benzene ring substituents is 1. The Balaban J connectivity index is 1.59. The number of rotatable bonds is 6. The lowest BCUT2D eigenvalue weighted by Crippen LogP contribution is -2.39. The number of nitro benzene ring substituents is 1. The Labute approximate surface area is 214 Å². The van der Waals surface area contributed by atoms with Crippen molar-refractivity contribution in [3.05, 3.63) is 119 Å². The van der Waals surface area contributed by atoms with Crippen LogP contribution in [0.2, 0.25) is 0 Å². The van der Waals surface area contributed by atoms with Crippen LogP contribution in [0.25, 0.3) is 17.4 Å². The average molecular weight is 516 g/mol. The molecule has 9 nitrogen and oxygen atoms in total. The van der Waals surface area contributed by atoms with E-state index in [0.29, 0.717) is 37.7 Å². The van der Waals surface area contributed by atoms with Gasteiger partial charge in [0.25, 0.3) is 11.2 Å². The van der Waals surface area contributed by atoms with Crippen molar-refractivity contribution in [3.63, 3.8) is 0 Å². The van der Waals surface area contributed by atoms with E-state index in [-0.39, 0.29) is 17.9 Å². The van der Waals surface area contributed by atoms with Gasteiger partial charge in [0, 0.05) is 23.8 Å².